The summed E-state index contributed by atoms with van der Waals surface area (Å²) in [6.45, 7) is -0.508. The number of hydrogen-bond donors (Lipinski definition) is 0. The SMILES string of the molecule is COc1cc(CN=C=O)c(OC)cc1CF. The van der Waals surface area contributed by atoms with Crippen molar-refractivity contribution in [2.24, 2.45) is 4.99 Å². The van der Waals surface area contributed by atoms with Gasteiger partial charge in [-0.15, -0.1) is 0 Å². The van der Waals surface area contributed by atoms with Gasteiger partial charge in [0.15, 0.2) is 0 Å². The van der Waals surface area contributed by atoms with Gasteiger partial charge in [0.2, 0.25) is 6.08 Å². The number of ether oxygens (including phenoxy) is 2. The van der Waals surface area contributed by atoms with Crippen molar-refractivity contribution < 1.29 is 18.7 Å². The quantitative estimate of drug-likeness (QED) is 0.569. The van der Waals surface area contributed by atoms with E-state index in [1.807, 2.05) is 0 Å². The lowest BCUT2D eigenvalue weighted by Gasteiger charge is -2.11. The van der Waals surface area contributed by atoms with Gasteiger partial charge >= 0.3 is 0 Å². The molecule has 0 aliphatic rings. The summed E-state index contributed by atoms with van der Waals surface area (Å²) in [5.74, 6) is 0.895. The third-order valence-electron chi connectivity index (χ3n) is 2.14. The second-order valence-electron chi connectivity index (χ2n) is 3.02. The molecule has 0 heterocycles. The minimum absolute atomic E-state index is 0.135. The van der Waals surface area contributed by atoms with Crippen LogP contribution in [0.5, 0.6) is 11.5 Å². The van der Waals surface area contributed by atoms with E-state index >= 15 is 0 Å². The summed E-state index contributed by atoms with van der Waals surface area (Å²) >= 11 is 0. The van der Waals surface area contributed by atoms with Gasteiger partial charge in [-0.1, -0.05) is 0 Å². The fraction of sp³-hybridized carbons (Fsp3) is 0.364. The van der Waals surface area contributed by atoms with Crippen LogP contribution in [-0.2, 0) is 18.0 Å². The zero-order valence-electron chi connectivity index (χ0n) is 9.12. The van der Waals surface area contributed by atoms with Crippen molar-refractivity contribution in [2.45, 2.75) is 13.2 Å². The molecule has 0 aliphatic heterocycles. The van der Waals surface area contributed by atoms with E-state index in [2.05, 4.69) is 4.99 Å². The van der Waals surface area contributed by atoms with Crippen LogP contribution in [0.15, 0.2) is 17.1 Å². The number of carbonyl (C=O) groups excluding carboxylic acids is 1. The number of hydrogen-bond acceptors (Lipinski definition) is 4. The number of isocyanates is 1. The Morgan fingerprint density at radius 2 is 1.81 bits per heavy atom. The summed E-state index contributed by atoms with van der Waals surface area (Å²) < 4.78 is 22.7. The number of rotatable bonds is 5. The van der Waals surface area contributed by atoms with Crippen LogP contribution in [0.4, 0.5) is 4.39 Å². The van der Waals surface area contributed by atoms with Crippen LogP contribution in [0.1, 0.15) is 11.1 Å². The summed E-state index contributed by atoms with van der Waals surface area (Å²) in [6, 6.07) is 3.14. The Morgan fingerprint density at radius 1 is 1.25 bits per heavy atom. The smallest absolute Gasteiger partial charge is 0.235 e. The molecule has 1 aromatic rings. The van der Waals surface area contributed by atoms with Crippen molar-refractivity contribution >= 4 is 6.08 Å². The van der Waals surface area contributed by atoms with Crippen molar-refractivity contribution in [2.75, 3.05) is 14.2 Å². The molecule has 0 aliphatic carbocycles. The minimum atomic E-state index is -0.642. The molecule has 0 N–H and O–H groups in total. The van der Waals surface area contributed by atoms with Gasteiger partial charge in [-0.2, -0.15) is 0 Å². The first kappa shape index (κ1) is 12.2. The first-order chi connectivity index (χ1) is 7.76. The third-order valence-corrected chi connectivity index (χ3v) is 2.14. The number of alkyl halides is 1. The molecular weight excluding hydrogens is 213 g/mol. The average molecular weight is 225 g/mol. The molecular formula is C11H12FNO3. The molecule has 0 spiro atoms. The van der Waals surface area contributed by atoms with Crippen LogP contribution < -0.4 is 9.47 Å². The van der Waals surface area contributed by atoms with Gasteiger partial charge in [0.05, 0.1) is 20.8 Å². The highest BCUT2D eigenvalue weighted by Crippen LogP contribution is 2.29. The molecule has 0 aromatic heterocycles. The zero-order chi connectivity index (χ0) is 12.0. The molecule has 5 heteroatoms. The maximum absolute atomic E-state index is 12.7. The van der Waals surface area contributed by atoms with Crippen LogP contribution in [0.25, 0.3) is 0 Å². The zero-order valence-corrected chi connectivity index (χ0v) is 9.12. The Kier molecular flexibility index (Phi) is 4.48. The van der Waals surface area contributed by atoms with E-state index in [0.29, 0.717) is 22.6 Å². The Hall–Kier alpha value is -1.87. The molecule has 0 fully saturated rings. The summed E-state index contributed by atoms with van der Waals surface area (Å²) in [4.78, 5) is 13.5. The number of methoxy groups -OCH3 is 2. The predicted octanol–water partition coefficient (Wildman–Crippen LogP) is 2.01. The van der Waals surface area contributed by atoms with Crippen molar-refractivity contribution in [3.05, 3.63) is 23.3 Å². The highest BCUT2D eigenvalue weighted by atomic mass is 19.1. The standard InChI is InChI=1S/C11H12FNO3/c1-15-10-4-9(6-13-7-14)11(16-2)3-8(10)5-12/h3-4H,5-6H2,1-2H3. The van der Waals surface area contributed by atoms with E-state index in [0.717, 1.165) is 0 Å². The highest BCUT2D eigenvalue weighted by molar-refractivity contribution is 5.47. The third kappa shape index (κ3) is 2.58. The normalized spacial score (nSPS) is 9.44. The lowest BCUT2D eigenvalue weighted by molar-refractivity contribution is 0.382. The number of nitrogens with zero attached hydrogens (tertiary/aromatic N) is 1. The van der Waals surface area contributed by atoms with Crippen LogP contribution in [0.3, 0.4) is 0 Å². The number of halogens is 1. The summed E-state index contributed by atoms with van der Waals surface area (Å²) in [6.07, 6.45) is 1.44. The largest absolute Gasteiger partial charge is 0.496 e. The molecule has 0 radical (unpaired) electrons. The van der Waals surface area contributed by atoms with Gasteiger partial charge in [0.25, 0.3) is 0 Å². The van der Waals surface area contributed by atoms with E-state index in [-0.39, 0.29) is 6.54 Å². The van der Waals surface area contributed by atoms with Gasteiger partial charge in [-0.3, -0.25) is 0 Å². The number of benzene rings is 1. The predicted molar refractivity (Wildman–Crippen MR) is 56.2 cm³/mol. The summed E-state index contributed by atoms with van der Waals surface area (Å²) in [5.41, 5.74) is 1.05. The first-order valence-electron chi connectivity index (χ1n) is 4.60. The Bertz CT molecular complexity index is 414. The molecule has 0 atom stereocenters. The van der Waals surface area contributed by atoms with Crippen LogP contribution in [0, 0.1) is 0 Å². The second-order valence-corrected chi connectivity index (χ2v) is 3.02. The molecule has 0 unspecified atom stereocenters. The summed E-state index contributed by atoms with van der Waals surface area (Å²) in [5, 5.41) is 0. The molecule has 1 aromatic carbocycles. The van der Waals surface area contributed by atoms with E-state index in [4.69, 9.17) is 9.47 Å². The van der Waals surface area contributed by atoms with Crippen molar-refractivity contribution in [3.8, 4) is 11.5 Å². The summed E-state index contributed by atoms with van der Waals surface area (Å²) in [7, 11) is 2.92. The van der Waals surface area contributed by atoms with Crippen LogP contribution in [-0.4, -0.2) is 20.3 Å². The molecule has 0 saturated carbocycles. The fourth-order valence-corrected chi connectivity index (χ4v) is 1.37. The van der Waals surface area contributed by atoms with Gasteiger partial charge < -0.3 is 9.47 Å². The molecule has 0 bridgehead atoms. The lowest BCUT2D eigenvalue weighted by Crippen LogP contribution is -1.97. The lowest BCUT2D eigenvalue weighted by atomic mass is 10.1. The van der Waals surface area contributed by atoms with Gasteiger partial charge in [-0.25, -0.2) is 14.2 Å². The van der Waals surface area contributed by atoms with Crippen molar-refractivity contribution in [1.82, 2.24) is 0 Å². The average Bonchev–Trinajstić information content (AvgIpc) is 2.35. The molecule has 0 amide bonds. The van der Waals surface area contributed by atoms with Gasteiger partial charge in [0.1, 0.15) is 18.2 Å². The Balaban J connectivity index is 3.19. The van der Waals surface area contributed by atoms with Crippen LogP contribution >= 0.6 is 0 Å². The van der Waals surface area contributed by atoms with E-state index in [1.54, 1.807) is 6.07 Å². The molecule has 4 nitrogen and oxygen atoms in total. The maximum atomic E-state index is 12.7. The molecule has 86 valence electrons. The highest BCUT2D eigenvalue weighted by Gasteiger charge is 2.10. The van der Waals surface area contributed by atoms with E-state index in [1.165, 1.54) is 26.4 Å². The van der Waals surface area contributed by atoms with Crippen LogP contribution in [0.2, 0.25) is 0 Å². The molecule has 16 heavy (non-hydrogen) atoms. The maximum Gasteiger partial charge on any atom is 0.235 e. The Morgan fingerprint density at radius 3 is 2.31 bits per heavy atom. The Labute approximate surface area is 92.7 Å². The first-order valence-corrected chi connectivity index (χ1v) is 4.60. The van der Waals surface area contributed by atoms with E-state index in [9.17, 15) is 9.18 Å². The monoisotopic (exact) mass is 225 g/mol. The van der Waals surface area contributed by atoms with Crippen molar-refractivity contribution in [3.63, 3.8) is 0 Å². The second kappa shape index (κ2) is 5.88. The van der Waals surface area contributed by atoms with Gasteiger partial charge in [0, 0.05) is 11.1 Å². The number of aliphatic imine (C=N–C) groups is 1. The minimum Gasteiger partial charge on any atom is -0.496 e. The van der Waals surface area contributed by atoms with E-state index < -0.39 is 6.67 Å². The fourth-order valence-electron chi connectivity index (χ4n) is 1.37. The molecule has 1 rings (SSSR count). The van der Waals surface area contributed by atoms with Crippen molar-refractivity contribution in [1.29, 1.82) is 0 Å². The topological polar surface area (TPSA) is 47.9 Å². The van der Waals surface area contributed by atoms with Gasteiger partial charge in [-0.05, 0) is 12.1 Å². The molecule has 0 saturated heterocycles.